The number of amidine groups is 1. The average molecular weight is 407 g/mol. The summed E-state index contributed by atoms with van der Waals surface area (Å²) in [5, 5.41) is 1.61. The Morgan fingerprint density at radius 3 is 2.69 bits per heavy atom. The summed E-state index contributed by atoms with van der Waals surface area (Å²) < 4.78 is 24.2. The van der Waals surface area contributed by atoms with Crippen LogP contribution in [-0.4, -0.2) is 37.2 Å². The van der Waals surface area contributed by atoms with Gasteiger partial charge in [0.2, 0.25) is 0 Å². The summed E-state index contributed by atoms with van der Waals surface area (Å²) >= 11 is 7.70. The van der Waals surface area contributed by atoms with E-state index in [4.69, 9.17) is 16.6 Å². The van der Waals surface area contributed by atoms with E-state index in [9.17, 15) is 8.42 Å². The van der Waals surface area contributed by atoms with Crippen LogP contribution in [0.3, 0.4) is 0 Å². The molecule has 4 nitrogen and oxygen atoms in total. The molecule has 2 heterocycles. The molecule has 0 spiro atoms. The van der Waals surface area contributed by atoms with Crippen molar-refractivity contribution in [2.24, 2.45) is 4.99 Å². The quantitative estimate of drug-likeness (QED) is 0.775. The van der Waals surface area contributed by atoms with Crippen molar-refractivity contribution in [1.29, 1.82) is 0 Å². The lowest BCUT2D eigenvalue weighted by Gasteiger charge is -2.26. The number of aliphatic imine (C=N–C) groups is 1. The van der Waals surface area contributed by atoms with Crippen molar-refractivity contribution < 1.29 is 8.42 Å². The maximum absolute atomic E-state index is 12.1. The number of hydrogen-bond donors (Lipinski definition) is 0. The van der Waals surface area contributed by atoms with Gasteiger partial charge in [0.05, 0.1) is 23.6 Å². The van der Waals surface area contributed by atoms with Gasteiger partial charge in [0.1, 0.15) is 0 Å². The first-order valence-electron chi connectivity index (χ1n) is 8.43. The van der Waals surface area contributed by atoms with E-state index in [0.717, 1.165) is 27.2 Å². The second kappa shape index (κ2) is 6.91. The van der Waals surface area contributed by atoms with Gasteiger partial charge in [0.25, 0.3) is 0 Å². The molecule has 136 valence electrons. The monoisotopic (exact) mass is 406 g/mol. The topological polar surface area (TPSA) is 49.7 Å². The minimum atomic E-state index is -3.03. The summed E-state index contributed by atoms with van der Waals surface area (Å²) in [6.45, 7) is 2.04. The van der Waals surface area contributed by atoms with Crippen LogP contribution in [0.2, 0.25) is 5.02 Å². The maximum Gasteiger partial charge on any atom is 0.164 e. The Morgan fingerprint density at radius 2 is 1.96 bits per heavy atom. The van der Waals surface area contributed by atoms with Crippen LogP contribution in [0.15, 0.2) is 53.5 Å². The molecule has 26 heavy (non-hydrogen) atoms. The Labute approximate surface area is 163 Å². The van der Waals surface area contributed by atoms with Gasteiger partial charge in [0, 0.05) is 16.5 Å². The number of fused-ring (bicyclic) bond motifs is 1. The third kappa shape index (κ3) is 3.63. The summed E-state index contributed by atoms with van der Waals surface area (Å²) in [5.74, 6) is 1.05. The van der Waals surface area contributed by atoms with E-state index in [-0.39, 0.29) is 23.6 Å². The number of nitrogens with zero attached hydrogens (tertiary/aromatic N) is 2. The molecule has 2 aliphatic rings. The highest BCUT2D eigenvalue weighted by Crippen LogP contribution is 2.36. The smallest absolute Gasteiger partial charge is 0.164 e. The molecule has 0 bridgehead atoms. The molecule has 4 rings (SSSR count). The van der Waals surface area contributed by atoms with E-state index >= 15 is 0 Å². The number of sulfone groups is 1. The molecule has 0 aromatic heterocycles. The Morgan fingerprint density at radius 1 is 1.19 bits per heavy atom. The van der Waals surface area contributed by atoms with Gasteiger partial charge in [-0.1, -0.05) is 53.2 Å². The van der Waals surface area contributed by atoms with Crippen LogP contribution in [-0.2, 0) is 15.6 Å². The second-order valence-corrected chi connectivity index (χ2v) is 10.3. The molecule has 0 saturated carbocycles. The van der Waals surface area contributed by atoms with E-state index in [2.05, 4.69) is 4.90 Å². The van der Waals surface area contributed by atoms with Gasteiger partial charge in [-0.25, -0.2) is 8.42 Å². The van der Waals surface area contributed by atoms with Gasteiger partial charge in [-0.15, -0.1) is 0 Å². The molecule has 2 aliphatic heterocycles. The zero-order valence-electron chi connectivity index (χ0n) is 14.3. The van der Waals surface area contributed by atoms with Crippen LogP contribution in [0.5, 0.6) is 0 Å². The number of halogens is 1. The Balaban J connectivity index is 1.61. The predicted octanol–water partition coefficient (Wildman–Crippen LogP) is 3.92. The van der Waals surface area contributed by atoms with Gasteiger partial charge in [0.15, 0.2) is 15.0 Å². The molecule has 2 aromatic rings. The summed E-state index contributed by atoms with van der Waals surface area (Å²) in [6, 6.07) is 15.7. The number of benzene rings is 2. The van der Waals surface area contributed by atoms with Crippen molar-refractivity contribution in [2.45, 2.75) is 24.8 Å². The van der Waals surface area contributed by atoms with Crippen LogP contribution in [0.1, 0.15) is 11.1 Å². The SMILES string of the molecule is Cc1ccc(N2C(SCc3cccc(Cl)c3)=N[C@@H]3CS(=O)(=O)C[C@H]32)cc1. The van der Waals surface area contributed by atoms with E-state index in [1.165, 1.54) is 5.56 Å². The fourth-order valence-electron chi connectivity index (χ4n) is 3.42. The zero-order valence-corrected chi connectivity index (χ0v) is 16.7. The molecule has 0 unspecified atom stereocenters. The summed E-state index contributed by atoms with van der Waals surface area (Å²) in [5.41, 5.74) is 3.30. The van der Waals surface area contributed by atoms with Gasteiger partial charge in [-0.2, -0.15) is 0 Å². The summed E-state index contributed by atoms with van der Waals surface area (Å²) in [7, 11) is -3.03. The molecular formula is C19H19ClN2O2S2. The molecule has 0 N–H and O–H groups in total. The van der Waals surface area contributed by atoms with E-state index in [0.29, 0.717) is 0 Å². The molecule has 2 atom stereocenters. The highest BCUT2D eigenvalue weighted by Gasteiger charge is 2.47. The van der Waals surface area contributed by atoms with Crippen LogP contribution < -0.4 is 4.90 Å². The Kier molecular flexibility index (Phi) is 4.75. The molecule has 7 heteroatoms. The number of aryl methyl sites for hydroxylation is 1. The van der Waals surface area contributed by atoms with Gasteiger partial charge < -0.3 is 4.90 Å². The number of thioether (sulfide) groups is 1. The van der Waals surface area contributed by atoms with Gasteiger partial charge in [-0.05, 0) is 36.8 Å². The fourth-order valence-corrected chi connectivity index (χ4v) is 6.54. The third-order valence-electron chi connectivity index (χ3n) is 4.68. The minimum Gasteiger partial charge on any atom is -0.315 e. The third-order valence-corrected chi connectivity index (χ3v) is 7.65. The van der Waals surface area contributed by atoms with Crippen molar-refractivity contribution in [3.05, 3.63) is 64.7 Å². The van der Waals surface area contributed by atoms with Crippen molar-refractivity contribution in [3.63, 3.8) is 0 Å². The highest BCUT2D eigenvalue weighted by atomic mass is 35.5. The van der Waals surface area contributed by atoms with Crippen molar-refractivity contribution in [3.8, 4) is 0 Å². The maximum atomic E-state index is 12.1. The first-order chi connectivity index (χ1) is 12.4. The number of rotatable bonds is 3. The molecule has 1 saturated heterocycles. The van der Waals surface area contributed by atoms with E-state index in [1.54, 1.807) is 11.8 Å². The predicted molar refractivity (Wildman–Crippen MR) is 110 cm³/mol. The summed E-state index contributed by atoms with van der Waals surface area (Å²) in [4.78, 5) is 6.86. The Hall–Kier alpha value is -1.50. The standard InChI is InChI=1S/C19H19ClN2O2S2/c1-13-5-7-16(8-6-13)22-18-12-26(23,24)11-17(18)21-19(22)25-10-14-3-2-4-15(20)9-14/h2-9,17-18H,10-12H2,1H3/t17-,18-/m1/s1. The number of hydrogen-bond acceptors (Lipinski definition) is 5. The molecule has 2 aromatic carbocycles. The average Bonchev–Trinajstić information content (AvgIpc) is 3.05. The molecule has 1 fully saturated rings. The molecule has 0 radical (unpaired) electrons. The van der Waals surface area contributed by atoms with Crippen molar-refractivity contribution >= 4 is 44.1 Å². The zero-order chi connectivity index (χ0) is 18.3. The first kappa shape index (κ1) is 17.9. The van der Waals surface area contributed by atoms with Crippen LogP contribution in [0.25, 0.3) is 0 Å². The van der Waals surface area contributed by atoms with Gasteiger partial charge in [-0.3, -0.25) is 4.99 Å². The van der Waals surface area contributed by atoms with Crippen molar-refractivity contribution in [1.82, 2.24) is 0 Å². The molecule has 0 amide bonds. The summed E-state index contributed by atoms with van der Waals surface area (Å²) in [6.07, 6.45) is 0. The van der Waals surface area contributed by atoms with Crippen molar-refractivity contribution in [2.75, 3.05) is 16.4 Å². The second-order valence-electron chi connectivity index (χ2n) is 6.75. The largest absolute Gasteiger partial charge is 0.315 e. The van der Waals surface area contributed by atoms with Crippen LogP contribution >= 0.6 is 23.4 Å². The number of anilines is 1. The van der Waals surface area contributed by atoms with Crippen LogP contribution in [0.4, 0.5) is 5.69 Å². The molecular weight excluding hydrogens is 388 g/mol. The first-order valence-corrected chi connectivity index (χ1v) is 11.6. The highest BCUT2D eigenvalue weighted by molar-refractivity contribution is 8.13. The van der Waals surface area contributed by atoms with Gasteiger partial charge >= 0.3 is 0 Å². The van der Waals surface area contributed by atoms with E-state index < -0.39 is 9.84 Å². The normalized spacial score (nSPS) is 23.8. The van der Waals surface area contributed by atoms with E-state index in [1.807, 2.05) is 55.5 Å². The Bertz CT molecular complexity index is 958. The lowest BCUT2D eigenvalue weighted by Crippen LogP contribution is -2.39. The van der Waals surface area contributed by atoms with Crippen LogP contribution in [0, 0.1) is 6.92 Å². The lowest BCUT2D eigenvalue weighted by atomic mass is 10.1. The lowest BCUT2D eigenvalue weighted by molar-refractivity contribution is 0.601. The molecule has 0 aliphatic carbocycles. The minimum absolute atomic E-state index is 0.107. The fraction of sp³-hybridized carbons (Fsp3) is 0.316.